The summed E-state index contributed by atoms with van der Waals surface area (Å²) < 4.78 is 14.0. The highest BCUT2D eigenvalue weighted by atomic mass is 19.1. The Balaban J connectivity index is 2.40. The van der Waals surface area contributed by atoms with Crippen molar-refractivity contribution >= 4 is 5.97 Å². The van der Waals surface area contributed by atoms with Crippen molar-refractivity contribution in [3.8, 4) is 11.3 Å². The predicted octanol–water partition coefficient (Wildman–Crippen LogP) is 1.13. The molecule has 1 aromatic carbocycles. The number of hydrogen-bond acceptors (Lipinski definition) is 3. The van der Waals surface area contributed by atoms with E-state index in [1.165, 1.54) is 30.5 Å². The second kappa shape index (κ2) is 4.79. The van der Waals surface area contributed by atoms with Crippen LogP contribution in [0.4, 0.5) is 4.39 Å². The van der Waals surface area contributed by atoms with Crippen molar-refractivity contribution in [2.75, 3.05) is 0 Å². The molecule has 0 spiro atoms. The molecule has 18 heavy (non-hydrogen) atoms. The number of carboxylic acids is 1. The second-order valence-corrected chi connectivity index (χ2v) is 3.63. The van der Waals surface area contributed by atoms with Crippen LogP contribution >= 0.6 is 0 Å². The molecule has 0 saturated heterocycles. The lowest BCUT2D eigenvalue weighted by Crippen LogP contribution is -2.25. The molecule has 0 fully saturated rings. The lowest BCUT2D eigenvalue weighted by Gasteiger charge is -2.03. The Morgan fingerprint density at radius 1 is 1.39 bits per heavy atom. The summed E-state index contributed by atoms with van der Waals surface area (Å²) in [6, 6.07) is 7.14. The molecule has 1 heterocycles. The van der Waals surface area contributed by atoms with Crippen molar-refractivity contribution in [1.82, 2.24) is 9.55 Å². The van der Waals surface area contributed by atoms with E-state index < -0.39 is 24.0 Å². The minimum Gasteiger partial charge on any atom is -0.480 e. The number of carbonyl (C=O) groups is 1. The zero-order valence-corrected chi connectivity index (χ0v) is 9.21. The Kier molecular flexibility index (Phi) is 3.18. The molecule has 0 bridgehead atoms. The molecule has 0 unspecified atom stereocenters. The van der Waals surface area contributed by atoms with Crippen molar-refractivity contribution in [3.05, 3.63) is 52.8 Å². The van der Waals surface area contributed by atoms with Gasteiger partial charge in [0.15, 0.2) is 0 Å². The van der Waals surface area contributed by atoms with Crippen molar-refractivity contribution in [2.24, 2.45) is 0 Å². The van der Waals surface area contributed by atoms with E-state index in [-0.39, 0.29) is 0 Å². The maximum atomic E-state index is 13.0. The fourth-order valence-corrected chi connectivity index (χ4v) is 1.50. The summed E-state index contributed by atoms with van der Waals surface area (Å²) in [6.07, 6.45) is 1.32. The van der Waals surface area contributed by atoms with Gasteiger partial charge in [-0.3, -0.25) is 9.36 Å². The normalized spacial score (nSPS) is 10.3. The van der Waals surface area contributed by atoms with Crippen LogP contribution in [0.3, 0.4) is 0 Å². The molecule has 0 amide bonds. The molecule has 0 aliphatic heterocycles. The number of carboxylic acid groups (broad SMARTS) is 1. The Morgan fingerprint density at radius 3 is 2.78 bits per heavy atom. The maximum absolute atomic E-state index is 13.0. The number of hydrogen-bond donors (Lipinski definition) is 1. The van der Waals surface area contributed by atoms with E-state index >= 15 is 0 Å². The topological polar surface area (TPSA) is 72.2 Å². The van der Waals surface area contributed by atoms with Gasteiger partial charge in [0.25, 0.3) is 0 Å². The first kappa shape index (κ1) is 12.0. The highest BCUT2D eigenvalue weighted by Gasteiger charge is 2.06. The van der Waals surface area contributed by atoms with Gasteiger partial charge in [0.2, 0.25) is 0 Å². The first-order valence-corrected chi connectivity index (χ1v) is 5.11. The van der Waals surface area contributed by atoms with Gasteiger partial charge in [0, 0.05) is 11.8 Å². The van der Waals surface area contributed by atoms with Crippen LogP contribution in [0, 0.1) is 5.82 Å². The summed E-state index contributed by atoms with van der Waals surface area (Å²) >= 11 is 0. The van der Waals surface area contributed by atoms with Crippen LogP contribution in [0.2, 0.25) is 0 Å². The van der Waals surface area contributed by atoms with Gasteiger partial charge in [-0.05, 0) is 18.2 Å². The number of rotatable bonds is 3. The van der Waals surface area contributed by atoms with E-state index in [4.69, 9.17) is 5.11 Å². The van der Waals surface area contributed by atoms with Crippen LogP contribution in [-0.4, -0.2) is 20.6 Å². The summed E-state index contributed by atoms with van der Waals surface area (Å²) in [6.45, 7) is -0.449. The SMILES string of the molecule is O=C(O)Cn1ccc(-c2cccc(F)c2)nc1=O. The minimum absolute atomic E-state index is 0.307. The highest BCUT2D eigenvalue weighted by Crippen LogP contribution is 2.15. The summed E-state index contributed by atoms with van der Waals surface area (Å²) in [5, 5.41) is 8.58. The largest absolute Gasteiger partial charge is 0.480 e. The minimum atomic E-state index is -1.13. The van der Waals surface area contributed by atoms with Crippen molar-refractivity contribution < 1.29 is 14.3 Å². The zero-order valence-electron chi connectivity index (χ0n) is 9.21. The fourth-order valence-electron chi connectivity index (χ4n) is 1.50. The molecule has 1 aromatic heterocycles. The standard InChI is InChI=1S/C12H9FN2O3/c13-9-3-1-2-8(6-9)10-4-5-15(7-11(16)17)12(18)14-10/h1-6H,7H2,(H,16,17). The van der Waals surface area contributed by atoms with Crippen LogP contribution in [0.25, 0.3) is 11.3 Å². The molecule has 92 valence electrons. The molecule has 2 aromatic rings. The quantitative estimate of drug-likeness (QED) is 0.883. The monoisotopic (exact) mass is 248 g/mol. The van der Waals surface area contributed by atoms with Crippen molar-refractivity contribution in [3.63, 3.8) is 0 Å². The number of halogens is 1. The number of aromatic nitrogens is 2. The molecule has 0 saturated carbocycles. The van der Waals surface area contributed by atoms with Crippen LogP contribution in [0.1, 0.15) is 0 Å². The third-order valence-electron chi connectivity index (χ3n) is 2.30. The predicted molar refractivity (Wildman–Crippen MR) is 61.5 cm³/mol. The lowest BCUT2D eigenvalue weighted by atomic mass is 10.1. The molecular weight excluding hydrogens is 239 g/mol. The van der Waals surface area contributed by atoms with Gasteiger partial charge in [-0.2, -0.15) is 4.98 Å². The summed E-state index contributed by atoms with van der Waals surface area (Å²) in [5.41, 5.74) is 0.0925. The van der Waals surface area contributed by atoms with Crippen LogP contribution < -0.4 is 5.69 Å². The van der Waals surface area contributed by atoms with Gasteiger partial charge >= 0.3 is 11.7 Å². The van der Waals surface area contributed by atoms with Crippen molar-refractivity contribution in [2.45, 2.75) is 6.54 Å². The number of nitrogens with zero attached hydrogens (tertiary/aromatic N) is 2. The molecule has 2 rings (SSSR count). The van der Waals surface area contributed by atoms with E-state index in [1.807, 2.05) is 0 Å². The number of aliphatic carboxylic acids is 1. The molecule has 0 aliphatic carbocycles. The van der Waals surface area contributed by atoms with Gasteiger partial charge in [-0.15, -0.1) is 0 Å². The molecule has 0 aliphatic rings. The highest BCUT2D eigenvalue weighted by molar-refractivity contribution is 5.66. The van der Waals surface area contributed by atoms with Gasteiger partial charge in [0.05, 0.1) is 5.69 Å². The Hall–Kier alpha value is -2.50. The van der Waals surface area contributed by atoms with Gasteiger partial charge in [-0.25, -0.2) is 9.18 Å². The van der Waals surface area contributed by atoms with Gasteiger partial charge < -0.3 is 5.11 Å². The molecule has 5 nitrogen and oxygen atoms in total. The Morgan fingerprint density at radius 2 is 2.17 bits per heavy atom. The molecule has 0 radical (unpaired) electrons. The molecular formula is C12H9FN2O3. The van der Waals surface area contributed by atoms with E-state index in [9.17, 15) is 14.0 Å². The Bertz CT molecular complexity index is 652. The van der Waals surface area contributed by atoms with Crippen LogP contribution in [0.15, 0.2) is 41.3 Å². The third-order valence-corrected chi connectivity index (χ3v) is 2.30. The average Bonchev–Trinajstić information content (AvgIpc) is 2.31. The maximum Gasteiger partial charge on any atom is 0.348 e. The molecule has 0 atom stereocenters. The van der Waals surface area contributed by atoms with E-state index in [1.54, 1.807) is 6.07 Å². The fraction of sp³-hybridized carbons (Fsp3) is 0.0833. The molecule has 6 heteroatoms. The summed E-state index contributed by atoms with van der Waals surface area (Å²) in [5.74, 6) is -1.55. The first-order valence-electron chi connectivity index (χ1n) is 5.11. The average molecular weight is 248 g/mol. The third kappa shape index (κ3) is 2.60. The van der Waals surface area contributed by atoms with Crippen LogP contribution in [-0.2, 0) is 11.3 Å². The smallest absolute Gasteiger partial charge is 0.348 e. The van der Waals surface area contributed by atoms with E-state index in [2.05, 4.69) is 4.98 Å². The second-order valence-electron chi connectivity index (χ2n) is 3.63. The van der Waals surface area contributed by atoms with E-state index in [0.717, 1.165) is 4.57 Å². The Labute approximate surface area is 101 Å². The van der Waals surface area contributed by atoms with Gasteiger partial charge in [-0.1, -0.05) is 12.1 Å². The zero-order chi connectivity index (χ0) is 13.1. The molecule has 1 N–H and O–H groups in total. The summed E-state index contributed by atoms with van der Waals surface area (Å²) in [7, 11) is 0. The first-order chi connectivity index (χ1) is 8.56. The van der Waals surface area contributed by atoms with Crippen LogP contribution in [0.5, 0.6) is 0 Å². The lowest BCUT2D eigenvalue weighted by molar-refractivity contribution is -0.137. The summed E-state index contributed by atoms with van der Waals surface area (Å²) in [4.78, 5) is 25.7. The van der Waals surface area contributed by atoms with Gasteiger partial charge in [0.1, 0.15) is 12.4 Å². The van der Waals surface area contributed by atoms with Crippen molar-refractivity contribution in [1.29, 1.82) is 0 Å². The van der Waals surface area contributed by atoms with E-state index in [0.29, 0.717) is 11.3 Å². The number of benzene rings is 1.